The molecule has 0 radical (unpaired) electrons. The Morgan fingerprint density at radius 2 is 2.23 bits per heavy atom. The molecule has 0 bridgehead atoms. The summed E-state index contributed by atoms with van der Waals surface area (Å²) in [6, 6.07) is 0.259. The normalized spacial score (nSPS) is 18.2. The molecule has 0 saturated carbocycles. The number of rotatable bonds is 3. The van der Waals surface area contributed by atoms with Gasteiger partial charge in [0, 0.05) is 13.1 Å². The van der Waals surface area contributed by atoms with Crippen LogP contribution in [0.3, 0.4) is 0 Å². The minimum Gasteiger partial charge on any atom is -0.467 e. The number of anilines is 1. The summed E-state index contributed by atoms with van der Waals surface area (Å²) in [7, 11) is 1.50. The first kappa shape index (κ1) is 16.6. The molecule has 8 heteroatoms. The first-order chi connectivity index (χ1) is 10.3. The number of nitrogens with one attached hydrogen (secondary N) is 1. The van der Waals surface area contributed by atoms with Gasteiger partial charge in [-0.3, -0.25) is 0 Å². The molecule has 1 aromatic rings. The largest absolute Gasteiger partial charge is 0.467 e. The van der Waals surface area contributed by atoms with Crippen LogP contribution in [0.1, 0.15) is 27.2 Å². The third-order valence-electron chi connectivity index (χ3n) is 3.09. The summed E-state index contributed by atoms with van der Waals surface area (Å²) in [6.07, 6.45) is 1.89. The van der Waals surface area contributed by atoms with Crippen molar-refractivity contribution in [1.29, 1.82) is 0 Å². The van der Waals surface area contributed by atoms with Gasteiger partial charge in [0.25, 0.3) is 0 Å². The van der Waals surface area contributed by atoms with E-state index in [1.165, 1.54) is 13.3 Å². The van der Waals surface area contributed by atoms with E-state index >= 15 is 0 Å². The molecule has 1 saturated heterocycles. The molecule has 0 unspecified atom stereocenters. The van der Waals surface area contributed by atoms with Crippen LogP contribution in [0.2, 0.25) is 5.02 Å². The SMILES string of the molecule is COc1ncc(Cl)c(N2CC[C@@H](NC(=O)OC(C)(C)C)C2)n1. The summed E-state index contributed by atoms with van der Waals surface area (Å²) >= 11 is 6.14. The Bertz CT molecular complexity index is 547. The van der Waals surface area contributed by atoms with Crippen molar-refractivity contribution in [2.24, 2.45) is 0 Å². The van der Waals surface area contributed by atoms with Gasteiger partial charge in [0.1, 0.15) is 10.6 Å². The summed E-state index contributed by atoms with van der Waals surface area (Å²) in [6.45, 7) is 6.85. The van der Waals surface area contributed by atoms with Gasteiger partial charge in [0.2, 0.25) is 0 Å². The summed E-state index contributed by atoms with van der Waals surface area (Å²) in [4.78, 5) is 22.0. The minimum absolute atomic E-state index is 0.00752. The lowest BCUT2D eigenvalue weighted by molar-refractivity contribution is 0.0509. The number of halogens is 1. The first-order valence-corrected chi connectivity index (χ1v) is 7.47. The van der Waals surface area contributed by atoms with Crippen molar-refractivity contribution in [2.45, 2.75) is 38.8 Å². The quantitative estimate of drug-likeness (QED) is 0.917. The number of hydrogen-bond donors (Lipinski definition) is 1. The molecule has 1 aromatic heterocycles. The van der Waals surface area contributed by atoms with Crippen molar-refractivity contribution in [3.8, 4) is 6.01 Å². The summed E-state index contributed by atoms with van der Waals surface area (Å²) in [5.41, 5.74) is -0.508. The molecule has 1 aliphatic heterocycles. The van der Waals surface area contributed by atoms with E-state index in [2.05, 4.69) is 15.3 Å². The number of methoxy groups -OCH3 is 1. The lowest BCUT2D eigenvalue weighted by atomic mass is 10.2. The van der Waals surface area contributed by atoms with Crippen molar-refractivity contribution >= 4 is 23.5 Å². The molecular weight excluding hydrogens is 308 g/mol. The van der Waals surface area contributed by atoms with Gasteiger partial charge in [-0.15, -0.1) is 0 Å². The van der Waals surface area contributed by atoms with E-state index in [1.807, 2.05) is 25.7 Å². The van der Waals surface area contributed by atoms with Crippen LogP contribution in [0, 0.1) is 0 Å². The fourth-order valence-corrected chi connectivity index (χ4v) is 2.42. The molecule has 2 heterocycles. The van der Waals surface area contributed by atoms with Gasteiger partial charge >= 0.3 is 12.1 Å². The second kappa shape index (κ2) is 6.56. The van der Waals surface area contributed by atoms with E-state index in [0.29, 0.717) is 17.4 Å². The number of amides is 1. The van der Waals surface area contributed by atoms with Crippen molar-refractivity contribution in [1.82, 2.24) is 15.3 Å². The zero-order valence-corrected chi connectivity index (χ0v) is 14.0. The van der Waals surface area contributed by atoms with Gasteiger partial charge in [0.15, 0.2) is 5.82 Å². The first-order valence-electron chi connectivity index (χ1n) is 7.09. The van der Waals surface area contributed by atoms with E-state index in [4.69, 9.17) is 21.1 Å². The van der Waals surface area contributed by atoms with Gasteiger partial charge in [-0.2, -0.15) is 4.98 Å². The minimum atomic E-state index is -0.508. The lowest BCUT2D eigenvalue weighted by Gasteiger charge is -2.22. The van der Waals surface area contributed by atoms with Crippen LogP contribution in [-0.4, -0.2) is 47.9 Å². The Labute approximate surface area is 135 Å². The Kier molecular flexibility index (Phi) is 4.95. The molecule has 7 nitrogen and oxygen atoms in total. The maximum absolute atomic E-state index is 11.8. The molecule has 0 spiro atoms. The van der Waals surface area contributed by atoms with Crippen molar-refractivity contribution in [3.63, 3.8) is 0 Å². The predicted molar refractivity (Wildman–Crippen MR) is 83.6 cm³/mol. The molecule has 1 amide bonds. The number of carbonyl (C=O) groups excluding carboxylic acids is 1. The molecule has 1 atom stereocenters. The molecular formula is C14H21ClN4O3. The maximum Gasteiger partial charge on any atom is 0.407 e. The summed E-state index contributed by atoms with van der Waals surface area (Å²) in [5.74, 6) is 0.613. The van der Waals surface area contributed by atoms with Crippen LogP contribution < -0.4 is 15.0 Å². The molecule has 22 heavy (non-hydrogen) atoms. The fourth-order valence-electron chi connectivity index (χ4n) is 2.21. The van der Waals surface area contributed by atoms with Crippen LogP contribution in [0.15, 0.2) is 6.20 Å². The van der Waals surface area contributed by atoms with Crippen molar-refractivity contribution in [3.05, 3.63) is 11.2 Å². The van der Waals surface area contributed by atoms with Gasteiger partial charge in [0.05, 0.1) is 19.3 Å². The maximum atomic E-state index is 11.8. The Morgan fingerprint density at radius 1 is 1.50 bits per heavy atom. The van der Waals surface area contributed by atoms with Crippen molar-refractivity contribution in [2.75, 3.05) is 25.1 Å². The monoisotopic (exact) mass is 328 g/mol. The number of carbonyl (C=O) groups is 1. The average molecular weight is 329 g/mol. The van der Waals surface area contributed by atoms with E-state index in [0.717, 1.165) is 13.0 Å². The fraction of sp³-hybridized carbons (Fsp3) is 0.643. The smallest absolute Gasteiger partial charge is 0.407 e. The topological polar surface area (TPSA) is 76.6 Å². The standard InChI is InChI=1S/C14H21ClN4O3/c1-14(2,3)22-13(20)17-9-5-6-19(8-9)11-10(15)7-16-12(18-11)21-4/h7,9H,5-6,8H2,1-4H3,(H,17,20)/t9-/m1/s1. The molecule has 2 rings (SSSR count). The zero-order valence-electron chi connectivity index (χ0n) is 13.2. The second-order valence-electron chi connectivity index (χ2n) is 6.11. The third kappa shape index (κ3) is 4.37. The highest BCUT2D eigenvalue weighted by Gasteiger charge is 2.28. The molecule has 0 aliphatic carbocycles. The summed E-state index contributed by atoms with van der Waals surface area (Å²) < 4.78 is 10.3. The second-order valence-corrected chi connectivity index (χ2v) is 6.51. The van der Waals surface area contributed by atoms with Crippen LogP contribution >= 0.6 is 11.6 Å². The number of nitrogens with zero attached hydrogens (tertiary/aromatic N) is 3. The van der Waals surface area contributed by atoms with E-state index < -0.39 is 11.7 Å². The van der Waals surface area contributed by atoms with Crippen LogP contribution in [-0.2, 0) is 4.74 Å². The highest BCUT2D eigenvalue weighted by molar-refractivity contribution is 6.32. The molecule has 1 N–H and O–H groups in total. The van der Waals surface area contributed by atoms with Gasteiger partial charge in [-0.05, 0) is 27.2 Å². The zero-order chi connectivity index (χ0) is 16.3. The highest BCUT2D eigenvalue weighted by Crippen LogP contribution is 2.27. The van der Waals surface area contributed by atoms with E-state index in [-0.39, 0.29) is 12.1 Å². The van der Waals surface area contributed by atoms with Crippen LogP contribution in [0.5, 0.6) is 6.01 Å². The Hall–Kier alpha value is -1.76. The average Bonchev–Trinajstić information content (AvgIpc) is 2.85. The van der Waals surface area contributed by atoms with Crippen LogP contribution in [0.4, 0.5) is 10.6 Å². The number of ether oxygens (including phenoxy) is 2. The van der Waals surface area contributed by atoms with Gasteiger partial charge in [-0.25, -0.2) is 9.78 Å². The molecule has 0 aromatic carbocycles. The molecule has 1 fully saturated rings. The predicted octanol–water partition coefficient (Wildman–Crippen LogP) is 2.24. The highest BCUT2D eigenvalue weighted by atomic mass is 35.5. The summed E-state index contributed by atoms with van der Waals surface area (Å²) in [5, 5.41) is 3.32. The Morgan fingerprint density at radius 3 is 2.86 bits per heavy atom. The van der Waals surface area contributed by atoms with Crippen molar-refractivity contribution < 1.29 is 14.3 Å². The number of aromatic nitrogens is 2. The Balaban J connectivity index is 1.97. The van der Waals surface area contributed by atoms with Gasteiger partial charge in [-0.1, -0.05) is 11.6 Å². The lowest BCUT2D eigenvalue weighted by Crippen LogP contribution is -2.40. The molecule has 122 valence electrons. The van der Waals surface area contributed by atoms with Gasteiger partial charge < -0.3 is 19.7 Å². The number of alkyl carbamates (subject to hydrolysis) is 1. The number of hydrogen-bond acceptors (Lipinski definition) is 6. The van der Waals surface area contributed by atoms with E-state index in [9.17, 15) is 4.79 Å². The molecule has 1 aliphatic rings. The third-order valence-corrected chi connectivity index (χ3v) is 3.36. The van der Waals surface area contributed by atoms with Crippen LogP contribution in [0.25, 0.3) is 0 Å². The van der Waals surface area contributed by atoms with E-state index in [1.54, 1.807) is 0 Å².